The second-order valence-electron chi connectivity index (χ2n) is 8.22. The molecule has 2 N–H and O–H groups in total. The highest BCUT2D eigenvalue weighted by Crippen LogP contribution is 2.60. The number of halogens is 2. The summed E-state index contributed by atoms with van der Waals surface area (Å²) in [7, 11) is -5.88. The number of ether oxygens (including phenoxy) is 2. The maximum atomic E-state index is 13.0. The molecule has 0 aromatic rings. The summed E-state index contributed by atoms with van der Waals surface area (Å²) >= 11 is 0. The van der Waals surface area contributed by atoms with Crippen molar-refractivity contribution in [3.05, 3.63) is 12.2 Å². The molecule has 27 heavy (non-hydrogen) atoms. The molecule has 0 aromatic heterocycles. The summed E-state index contributed by atoms with van der Waals surface area (Å²) in [6.45, 7) is 0.910. The first kappa shape index (κ1) is 20.6. The maximum Gasteiger partial charge on any atom is 0.357 e. The molecular formula is C16H21F2O8S-. The van der Waals surface area contributed by atoms with E-state index in [1.165, 1.54) is 0 Å². The fourth-order valence-electron chi connectivity index (χ4n) is 5.06. The molecule has 4 fully saturated rings. The third-order valence-corrected chi connectivity index (χ3v) is 6.32. The monoisotopic (exact) mass is 411 g/mol. The van der Waals surface area contributed by atoms with E-state index in [-0.39, 0.29) is 30.8 Å². The molecule has 2 atom stereocenters. The first-order chi connectivity index (χ1) is 12.2. The van der Waals surface area contributed by atoms with Gasteiger partial charge in [0.25, 0.3) is 0 Å². The van der Waals surface area contributed by atoms with E-state index in [9.17, 15) is 36.8 Å². The van der Waals surface area contributed by atoms with Gasteiger partial charge in [0.2, 0.25) is 0 Å². The molecule has 4 saturated carbocycles. The van der Waals surface area contributed by atoms with Crippen molar-refractivity contribution in [2.24, 2.45) is 5.92 Å². The number of alkyl halides is 2. The van der Waals surface area contributed by atoms with E-state index in [1.54, 1.807) is 0 Å². The predicted molar refractivity (Wildman–Crippen MR) is 84.5 cm³/mol. The molecule has 4 rings (SSSR count). The van der Waals surface area contributed by atoms with E-state index in [1.807, 2.05) is 0 Å². The largest absolute Gasteiger partial charge is 0.743 e. The third kappa shape index (κ3) is 4.02. The van der Waals surface area contributed by atoms with Crippen LogP contribution in [-0.2, 0) is 24.4 Å². The average molecular weight is 411 g/mol. The number of hydrogen-bond donors (Lipinski definition) is 2. The number of esters is 1. The van der Waals surface area contributed by atoms with Crippen molar-refractivity contribution in [1.29, 1.82) is 0 Å². The molecule has 0 spiro atoms. The molecule has 154 valence electrons. The highest BCUT2D eigenvalue weighted by molar-refractivity contribution is 7.86. The molecule has 2 unspecified atom stereocenters. The van der Waals surface area contributed by atoms with Crippen LogP contribution in [0.1, 0.15) is 38.5 Å². The normalized spacial score (nSPS) is 38.0. The maximum absolute atomic E-state index is 13.0. The topological polar surface area (TPSA) is 133 Å². The average Bonchev–Trinajstić information content (AvgIpc) is 2.40. The molecule has 0 heterocycles. The Balaban J connectivity index is 1.58. The van der Waals surface area contributed by atoms with Gasteiger partial charge in [-0.1, -0.05) is 6.58 Å². The van der Waals surface area contributed by atoms with Crippen molar-refractivity contribution in [1.82, 2.24) is 0 Å². The Hall–Kier alpha value is -1.14. The second-order valence-corrected chi connectivity index (χ2v) is 9.72. The van der Waals surface area contributed by atoms with E-state index in [0.717, 1.165) is 0 Å². The SMILES string of the molecule is C=C(COCC(F)(F)S(=O)(=O)[O-])C(=O)OC12CC3CC(O)(CC(O)(C3)C1)C2. The van der Waals surface area contributed by atoms with E-state index in [0.29, 0.717) is 19.3 Å². The molecule has 4 aliphatic rings. The fourth-order valence-corrected chi connectivity index (χ4v) is 5.28. The van der Waals surface area contributed by atoms with Crippen molar-refractivity contribution >= 4 is 16.1 Å². The van der Waals surface area contributed by atoms with E-state index >= 15 is 0 Å². The Morgan fingerprint density at radius 3 is 2.22 bits per heavy atom. The zero-order valence-corrected chi connectivity index (χ0v) is 15.3. The van der Waals surface area contributed by atoms with E-state index in [2.05, 4.69) is 11.3 Å². The summed E-state index contributed by atoms with van der Waals surface area (Å²) in [5.41, 5.74) is -3.64. The molecule has 8 nitrogen and oxygen atoms in total. The zero-order valence-electron chi connectivity index (χ0n) is 14.4. The minimum Gasteiger partial charge on any atom is -0.743 e. The molecule has 4 aliphatic carbocycles. The number of hydrogen-bond acceptors (Lipinski definition) is 8. The van der Waals surface area contributed by atoms with Crippen LogP contribution in [0.25, 0.3) is 0 Å². The number of aliphatic hydroxyl groups is 2. The smallest absolute Gasteiger partial charge is 0.357 e. The fraction of sp³-hybridized carbons (Fsp3) is 0.812. The van der Waals surface area contributed by atoms with Crippen LogP contribution in [0.4, 0.5) is 8.78 Å². The molecule has 0 saturated heterocycles. The Morgan fingerprint density at radius 1 is 1.19 bits per heavy atom. The lowest BCUT2D eigenvalue weighted by Crippen LogP contribution is -2.67. The van der Waals surface area contributed by atoms with Crippen molar-refractivity contribution in [2.45, 2.75) is 60.6 Å². The van der Waals surface area contributed by atoms with Gasteiger partial charge in [-0.15, -0.1) is 0 Å². The van der Waals surface area contributed by atoms with Gasteiger partial charge in [-0.25, -0.2) is 13.2 Å². The van der Waals surface area contributed by atoms with Gasteiger partial charge >= 0.3 is 11.2 Å². The first-order valence-corrected chi connectivity index (χ1v) is 9.84. The van der Waals surface area contributed by atoms with Crippen molar-refractivity contribution < 1.29 is 46.2 Å². The summed E-state index contributed by atoms with van der Waals surface area (Å²) in [6, 6.07) is 0. The lowest BCUT2D eigenvalue weighted by molar-refractivity contribution is -0.260. The molecule has 11 heteroatoms. The summed E-state index contributed by atoms with van der Waals surface area (Å²) in [6.07, 6.45) is 2.09. The Bertz CT molecular complexity index is 746. The van der Waals surface area contributed by atoms with Crippen LogP contribution in [-0.4, -0.2) is 64.4 Å². The summed E-state index contributed by atoms with van der Waals surface area (Å²) in [4.78, 5) is 12.3. The molecule has 0 radical (unpaired) electrons. The molecule has 0 aromatic carbocycles. The van der Waals surface area contributed by atoms with Gasteiger partial charge in [-0.2, -0.15) is 8.78 Å². The van der Waals surface area contributed by atoms with Crippen molar-refractivity contribution in [2.75, 3.05) is 13.2 Å². The molecular weight excluding hydrogens is 390 g/mol. The highest BCUT2D eigenvalue weighted by Gasteiger charge is 2.64. The van der Waals surface area contributed by atoms with Crippen LogP contribution in [0, 0.1) is 5.92 Å². The summed E-state index contributed by atoms with van der Waals surface area (Å²) in [5.74, 6) is -0.938. The first-order valence-electron chi connectivity index (χ1n) is 8.44. The van der Waals surface area contributed by atoms with Gasteiger partial charge in [0, 0.05) is 19.3 Å². The molecule has 4 bridgehead atoms. The van der Waals surface area contributed by atoms with Gasteiger partial charge in [0.1, 0.15) is 12.2 Å². The summed E-state index contributed by atoms with van der Waals surface area (Å²) in [5, 5.41) is 16.6. The standard InChI is InChI=1S/C16H22F2O8S/c1-10(5-25-9-16(17,18)27(22,23)24)12(19)26-15-4-11-2-13(20,7-15)6-14(21,3-11)8-15/h11,20-21H,1-9H2,(H,22,23,24)/p-1. The van der Waals surface area contributed by atoms with Gasteiger partial charge < -0.3 is 24.2 Å². The van der Waals surface area contributed by atoms with Gasteiger partial charge in [0.05, 0.1) is 23.4 Å². The van der Waals surface area contributed by atoms with E-state index < -0.39 is 51.4 Å². The van der Waals surface area contributed by atoms with Crippen molar-refractivity contribution in [3.8, 4) is 0 Å². The summed E-state index contributed by atoms with van der Waals surface area (Å²) < 4.78 is 67.2. The van der Waals surface area contributed by atoms with Gasteiger partial charge in [-0.05, 0) is 25.2 Å². The minimum atomic E-state index is -5.88. The lowest BCUT2D eigenvalue weighted by atomic mass is 9.50. The Labute approximate surface area is 154 Å². The number of rotatable bonds is 7. The predicted octanol–water partition coefficient (Wildman–Crippen LogP) is 0.439. The van der Waals surface area contributed by atoms with Gasteiger partial charge in [0.15, 0.2) is 10.1 Å². The van der Waals surface area contributed by atoms with Crippen LogP contribution >= 0.6 is 0 Å². The van der Waals surface area contributed by atoms with Crippen LogP contribution in [0.2, 0.25) is 0 Å². The number of carbonyl (C=O) groups excluding carboxylic acids is 1. The van der Waals surface area contributed by atoms with Crippen LogP contribution in [0.15, 0.2) is 12.2 Å². The molecule has 0 aliphatic heterocycles. The van der Waals surface area contributed by atoms with Crippen LogP contribution in [0.5, 0.6) is 0 Å². The third-order valence-electron chi connectivity index (χ3n) is 5.47. The quantitative estimate of drug-likeness (QED) is 0.350. The number of carbonyl (C=O) groups is 1. The Kier molecular flexibility index (Phi) is 4.71. The van der Waals surface area contributed by atoms with E-state index in [4.69, 9.17) is 4.74 Å². The lowest BCUT2D eigenvalue weighted by Gasteiger charge is -2.62. The van der Waals surface area contributed by atoms with Crippen molar-refractivity contribution in [3.63, 3.8) is 0 Å². The van der Waals surface area contributed by atoms with Gasteiger partial charge in [-0.3, -0.25) is 0 Å². The second kappa shape index (κ2) is 6.18. The Morgan fingerprint density at radius 2 is 1.74 bits per heavy atom. The minimum absolute atomic E-state index is 0.00881. The highest BCUT2D eigenvalue weighted by atomic mass is 32.2. The zero-order chi connectivity index (χ0) is 20.3. The molecule has 0 amide bonds. The van der Waals surface area contributed by atoms with Crippen LogP contribution < -0.4 is 0 Å². The van der Waals surface area contributed by atoms with Crippen LogP contribution in [0.3, 0.4) is 0 Å².